The molecule has 27 heavy (non-hydrogen) atoms. The van der Waals surface area contributed by atoms with Crippen LogP contribution in [-0.2, 0) is 4.79 Å². The lowest BCUT2D eigenvalue weighted by molar-refractivity contribution is -0.118. The molecular weight excluding hydrogens is 362 g/mol. The maximum Gasteiger partial charge on any atom is 0.230 e. The number of tetrazole rings is 1. The second-order valence-electron chi connectivity index (χ2n) is 6.02. The average molecular weight is 383 g/mol. The Bertz CT molecular complexity index is 912. The molecule has 0 radical (unpaired) electrons. The predicted octanol–water partition coefficient (Wildman–Crippen LogP) is 2.57. The number of nitrogens with one attached hydrogen (secondary N) is 1. The van der Waals surface area contributed by atoms with Gasteiger partial charge in [-0.05, 0) is 59.7 Å². The van der Waals surface area contributed by atoms with Crippen LogP contribution in [0, 0.1) is 13.8 Å². The van der Waals surface area contributed by atoms with Crippen LogP contribution in [0.1, 0.15) is 11.1 Å². The third-order valence-electron chi connectivity index (χ3n) is 3.70. The molecule has 0 bridgehead atoms. The van der Waals surface area contributed by atoms with E-state index in [0.717, 1.165) is 22.6 Å². The SMILES string of the molecule is Cc1cccc(OCCNC(=O)CSc2nnnn2-c2cccc(C)c2)c1. The number of nitrogens with zero attached hydrogens (tertiary/aromatic N) is 4. The van der Waals surface area contributed by atoms with E-state index in [9.17, 15) is 4.79 Å². The average Bonchev–Trinajstić information content (AvgIpc) is 3.12. The van der Waals surface area contributed by atoms with E-state index < -0.39 is 0 Å². The van der Waals surface area contributed by atoms with Gasteiger partial charge in [0.15, 0.2) is 0 Å². The Morgan fingerprint density at radius 2 is 1.93 bits per heavy atom. The lowest BCUT2D eigenvalue weighted by Crippen LogP contribution is -2.29. The predicted molar refractivity (Wildman–Crippen MR) is 104 cm³/mol. The van der Waals surface area contributed by atoms with Crippen LogP contribution < -0.4 is 10.1 Å². The van der Waals surface area contributed by atoms with Crippen LogP contribution in [0.15, 0.2) is 53.7 Å². The normalized spacial score (nSPS) is 10.6. The summed E-state index contributed by atoms with van der Waals surface area (Å²) >= 11 is 1.29. The number of aryl methyl sites for hydroxylation is 2. The van der Waals surface area contributed by atoms with Crippen LogP contribution in [-0.4, -0.2) is 45.0 Å². The van der Waals surface area contributed by atoms with Gasteiger partial charge in [-0.1, -0.05) is 36.0 Å². The Morgan fingerprint density at radius 3 is 2.70 bits per heavy atom. The van der Waals surface area contributed by atoms with Crippen LogP contribution in [0.4, 0.5) is 0 Å². The molecule has 0 saturated heterocycles. The molecule has 0 atom stereocenters. The molecule has 1 aromatic heterocycles. The van der Waals surface area contributed by atoms with Crippen molar-refractivity contribution in [1.82, 2.24) is 25.5 Å². The molecule has 0 aliphatic heterocycles. The highest BCUT2D eigenvalue weighted by Gasteiger charge is 2.11. The number of ether oxygens (including phenoxy) is 1. The Hall–Kier alpha value is -2.87. The minimum atomic E-state index is -0.0911. The molecule has 1 heterocycles. The van der Waals surface area contributed by atoms with Crippen molar-refractivity contribution in [1.29, 1.82) is 0 Å². The quantitative estimate of drug-likeness (QED) is 0.476. The maximum atomic E-state index is 12.0. The number of carbonyl (C=O) groups is 1. The Kier molecular flexibility index (Phi) is 6.43. The van der Waals surface area contributed by atoms with Gasteiger partial charge >= 0.3 is 0 Å². The lowest BCUT2D eigenvalue weighted by atomic mass is 10.2. The fourth-order valence-electron chi connectivity index (χ4n) is 2.44. The molecule has 0 fully saturated rings. The zero-order valence-electron chi connectivity index (χ0n) is 15.3. The third-order valence-corrected chi connectivity index (χ3v) is 4.62. The van der Waals surface area contributed by atoms with Crippen LogP contribution in [0.25, 0.3) is 5.69 Å². The number of amides is 1. The minimum absolute atomic E-state index is 0.0911. The molecular formula is C19H21N5O2S. The summed E-state index contributed by atoms with van der Waals surface area (Å²) in [7, 11) is 0. The van der Waals surface area contributed by atoms with E-state index in [1.165, 1.54) is 11.8 Å². The van der Waals surface area contributed by atoms with Gasteiger partial charge in [-0.2, -0.15) is 4.68 Å². The number of rotatable bonds is 8. The van der Waals surface area contributed by atoms with Crippen LogP contribution in [0.3, 0.4) is 0 Å². The van der Waals surface area contributed by atoms with E-state index in [-0.39, 0.29) is 11.7 Å². The third kappa shape index (κ3) is 5.55. The van der Waals surface area contributed by atoms with E-state index in [2.05, 4.69) is 20.8 Å². The van der Waals surface area contributed by atoms with Crippen molar-refractivity contribution in [2.24, 2.45) is 0 Å². The van der Waals surface area contributed by atoms with Crippen molar-refractivity contribution in [3.63, 3.8) is 0 Å². The molecule has 1 N–H and O–H groups in total. The van der Waals surface area contributed by atoms with Crippen LogP contribution >= 0.6 is 11.8 Å². The minimum Gasteiger partial charge on any atom is -0.492 e. The monoisotopic (exact) mass is 383 g/mol. The highest BCUT2D eigenvalue weighted by molar-refractivity contribution is 7.99. The molecule has 8 heteroatoms. The maximum absolute atomic E-state index is 12.0. The van der Waals surface area contributed by atoms with Gasteiger partial charge in [0.05, 0.1) is 18.0 Å². The largest absolute Gasteiger partial charge is 0.492 e. The number of benzene rings is 2. The first-order valence-electron chi connectivity index (χ1n) is 8.56. The Balaban J connectivity index is 1.44. The molecule has 0 aliphatic rings. The van der Waals surface area contributed by atoms with Gasteiger partial charge in [0, 0.05) is 0 Å². The van der Waals surface area contributed by atoms with Gasteiger partial charge < -0.3 is 10.1 Å². The van der Waals surface area contributed by atoms with E-state index >= 15 is 0 Å². The molecule has 0 aliphatic carbocycles. The van der Waals surface area contributed by atoms with Crippen molar-refractivity contribution in [3.8, 4) is 11.4 Å². The summed E-state index contributed by atoms with van der Waals surface area (Å²) in [6, 6.07) is 15.7. The van der Waals surface area contributed by atoms with Crippen molar-refractivity contribution in [2.45, 2.75) is 19.0 Å². The number of aromatic nitrogens is 4. The smallest absolute Gasteiger partial charge is 0.230 e. The summed E-state index contributed by atoms with van der Waals surface area (Å²) in [6.45, 7) is 4.88. The zero-order chi connectivity index (χ0) is 19.1. The molecule has 2 aromatic carbocycles. The first-order valence-corrected chi connectivity index (χ1v) is 9.55. The van der Waals surface area contributed by atoms with Gasteiger partial charge in [-0.15, -0.1) is 5.10 Å². The Morgan fingerprint density at radius 1 is 1.15 bits per heavy atom. The number of hydrogen-bond donors (Lipinski definition) is 1. The Labute approximate surface area is 162 Å². The highest BCUT2D eigenvalue weighted by Crippen LogP contribution is 2.18. The number of thioether (sulfide) groups is 1. The van der Waals surface area contributed by atoms with E-state index in [4.69, 9.17) is 4.74 Å². The van der Waals surface area contributed by atoms with Crippen molar-refractivity contribution in [2.75, 3.05) is 18.9 Å². The van der Waals surface area contributed by atoms with E-state index in [0.29, 0.717) is 18.3 Å². The van der Waals surface area contributed by atoms with E-state index in [1.54, 1.807) is 4.68 Å². The molecule has 3 aromatic rings. The first-order chi connectivity index (χ1) is 13.1. The standard InChI is InChI=1S/C19H21N5O2S/c1-14-5-3-7-16(11-14)24-19(21-22-23-24)27-13-18(25)20-9-10-26-17-8-4-6-15(2)12-17/h3-8,11-12H,9-10,13H2,1-2H3,(H,20,25). The summed E-state index contributed by atoms with van der Waals surface area (Å²) in [5, 5.41) is 15.1. The zero-order valence-corrected chi connectivity index (χ0v) is 16.1. The van der Waals surface area contributed by atoms with Crippen molar-refractivity contribution < 1.29 is 9.53 Å². The van der Waals surface area contributed by atoms with Gasteiger partial charge in [-0.3, -0.25) is 4.79 Å². The van der Waals surface area contributed by atoms with Gasteiger partial charge in [0.25, 0.3) is 0 Å². The molecule has 0 saturated carbocycles. The van der Waals surface area contributed by atoms with Gasteiger partial charge in [0.2, 0.25) is 11.1 Å². The molecule has 0 spiro atoms. The van der Waals surface area contributed by atoms with Gasteiger partial charge in [0.1, 0.15) is 12.4 Å². The molecule has 3 rings (SSSR count). The number of hydrogen-bond acceptors (Lipinski definition) is 6. The van der Waals surface area contributed by atoms with Crippen molar-refractivity contribution in [3.05, 3.63) is 59.7 Å². The summed E-state index contributed by atoms with van der Waals surface area (Å²) < 4.78 is 7.25. The summed E-state index contributed by atoms with van der Waals surface area (Å²) in [6.07, 6.45) is 0. The first kappa shape index (κ1) is 18.9. The van der Waals surface area contributed by atoms with E-state index in [1.807, 2.05) is 62.4 Å². The summed E-state index contributed by atoms with van der Waals surface area (Å²) in [5.41, 5.74) is 3.12. The second-order valence-corrected chi connectivity index (χ2v) is 6.96. The molecule has 0 unspecified atom stereocenters. The lowest BCUT2D eigenvalue weighted by Gasteiger charge is -2.08. The molecule has 140 valence electrons. The van der Waals surface area contributed by atoms with Crippen LogP contribution in [0.2, 0.25) is 0 Å². The molecule has 1 amide bonds. The number of carbonyl (C=O) groups excluding carboxylic acids is 1. The van der Waals surface area contributed by atoms with Crippen LogP contribution in [0.5, 0.6) is 5.75 Å². The summed E-state index contributed by atoms with van der Waals surface area (Å²) in [5.74, 6) is 0.944. The van der Waals surface area contributed by atoms with Crippen molar-refractivity contribution >= 4 is 17.7 Å². The fraction of sp³-hybridized carbons (Fsp3) is 0.263. The summed E-state index contributed by atoms with van der Waals surface area (Å²) in [4.78, 5) is 12.0. The van der Waals surface area contributed by atoms with Gasteiger partial charge in [-0.25, -0.2) is 0 Å². The second kappa shape index (κ2) is 9.18. The highest BCUT2D eigenvalue weighted by atomic mass is 32.2. The molecule has 7 nitrogen and oxygen atoms in total. The fourth-order valence-corrected chi connectivity index (χ4v) is 3.16. The topological polar surface area (TPSA) is 81.9 Å².